The van der Waals surface area contributed by atoms with Crippen molar-refractivity contribution in [3.8, 4) is 0 Å². The summed E-state index contributed by atoms with van der Waals surface area (Å²) >= 11 is 1.94. The van der Waals surface area contributed by atoms with E-state index in [1.807, 2.05) is 11.8 Å². The van der Waals surface area contributed by atoms with E-state index < -0.39 is 0 Å². The summed E-state index contributed by atoms with van der Waals surface area (Å²) in [5.74, 6) is 0. The molecule has 0 aromatic rings. The Morgan fingerprint density at radius 3 is 2.00 bits per heavy atom. The molecule has 0 N–H and O–H groups in total. The van der Waals surface area contributed by atoms with E-state index >= 15 is 0 Å². The molecule has 0 aliphatic rings. The smallest absolute Gasteiger partial charge is 0.0128 e. The van der Waals surface area contributed by atoms with Gasteiger partial charge in [0.15, 0.2) is 0 Å². The van der Waals surface area contributed by atoms with Crippen molar-refractivity contribution in [3.05, 3.63) is 0 Å². The first kappa shape index (κ1) is 6.78. The van der Waals surface area contributed by atoms with Crippen LogP contribution in [0.4, 0.5) is 0 Å². The fourth-order valence-electron chi connectivity index (χ4n) is 0.258. The summed E-state index contributed by atoms with van der Waals surface area (Å²) < 4.78 is 0. The van der Waals surface area contributed by atoms with Crippen LogP contribution in [0.15, 0.2) is 0 Å². The third-order valence-electron chi connectivity index (χ3n) is 0.387. The third-order valence-corrected chi connectivity index (χ3v) is 3.49. The maximum Gasteiger partial charge on any atom is 0.0128 e. The van der Waals surface area contributed by atoms with E-state index in [0.29, 0.717) is 7.92 Å². The highest BCUT2D eigenvalue weighted by Crippen LogP contribution is 2.27. The molecule has 0 aromatic heterocycles. The number of hydrogen-bond donors (Lipinski definition) is 0. The molecule has 0 atom stereocenters. The lowest BCUT2D eigenvalue weighted by Crippen LogP contribution is -1.67. The lowest BCUT2D eigenvalue weighted by Gasteiger charge is -1.97. The van der Waals surface area contributed by atoms with Gasteiger partial charge >= 0.3 is 0 Å². The van der Waals surface area contributed by atoms with Crippen LogP contribution in [0, 0.1) is 0 Å². The summed E-state index contributed by atoms with van der Waals surface area (Å²) in [7, 11) is 0.362. The minimum Gasteiger partial charge on any atom is -0.161 e. The Morgan fingerprint density at radius 1 is 1.50 bits per heavy atom. The number of hydrogen-bond acceptors (Lipinski definition) is 1. The fourth-order valence-corrected chi connectivity index (χ4v) is 2.32. The zero-order valence-electron chi connectivity index (χ0n) is 4.56. The first-order valence-electron chi connectivity index (χ1n) is 1.91. The van der Waals surface area contributed by atoms with Crippen molar-refractivity contribution in [1.82, 2.24) is 0 Å². The van der Waals surface area contributed by atoms with Gasteiger partial charge in [0.25, 0.3) is 0 Å². The van der Waals surface area contributed by atoms with Crippen molar-refractivity contribution >= 4 is 19.7 Å². The second-order valence-electron chi connectivity index (χ2n) is 1.50. The van der Waals surface area contributed by atoms with Crippen molar-refractivity contribution < 1.29 is 0 Å². The third kappa shape index (κ3) is 4.78. The maximum absolute atomic E-state index is 2.30. The molecule has 0 fully saturated rings. The Labute approximate surface area is 45.5 Å². The monoisotopic (exact) mass is 122 g/mol. The summed E-state index contributed by atoms with van der Waals surface area (Å²) in [6, 6.07) is 0. The lowest BCUT2D eigenvalue weighted by molar-refractivity contribution is 2.04. The summed E-state index contributed by atoms with van der Waals surface area (Å²) in [6.45, 7) is 4.59. The van der Waals surface area contributed by atoms with Crippen LogP contribution in [-0.4, -0.2) is 25.1 Å². The molecule has 0 amide bonds. The Bertz CT molecular complexity index is 28.7. The molecule has 0 radical (unpaired) electrons. The van der Waals surface area contributed by atoms with Gasteiger partial charge in [-0.3, -0.25) is 0 Å². The molecule has 2 heteroatoms. The lowest BCUT2D eigenvalue weighted by atomic mass is 11.8. The van der Waals surface area contributed by atoms with Crippen LogP contribution in [0.3, 0.4) is 0 Å². The Kier molecular flexibility index (Phi) is 4.47. The quantitative estimate of drug-likeness (QED) is 0.505. The van der Waals surface area contributed by atoms with E-state index in [2.05, 4.69) is 19.6 Å². The Morgan fingerprint density at radius 2 is 2.00 bits per heavy atom. The zero-order valence-corrected chi connectivity index (χ0v) is 6.27. The first-order chi connectivity index (χ1) is 2.77. The van der Waals surface area contributed by atoms with Gasteiger partial charge in [-0.1, -0.05) is 0 Å². The van der Waals surface area contributed by atoms with Crippen LogP contribution < -0.4 is 0 Å². The molecule has 0 spiro atoms. The molecule has 6 heavy (non-hydrogen) atoms. The molecule has 0 unspecified atom stereocenters. The van der Waals surface area contributed by atoms with E-state index in [0.717, 1.165) is 0 Å². The van der Waals surface area contributed by atoms with Crippen LogP contribution in [0.5, 0.6) is 0 Å². The van der Waals surface area contributed by atoms with E-state index in [4.69, 9.17) is 0 Å². The van der Waals surface area contributed by atoms with Gasteiger partial charge in [-0.15, -0.1) is 7.92 Å². The van der Waals surface area contributed by atoms with Gasteiger partial charge in [-0.2, -0.15) is 11.8 Å². The molecule has 0 aliphatic heterocycles. The summed E-state index contributed by atoms with van der Waals surface area (Å²) in [5, 5.41) is 0. The number of rotatable bonds is 2. The predicted octanol–water partition coefficient (Wildman–Crippen LogP) is 2.05. The number of thioether (sulfide) groups is 1. The fraction of sp³-hybridized carbons (Fsp3) is 1.00. The zero-order chi connectivity index (χ0) is 4.99. The maximum atomic E-state index is 2.30. The minimum absolute atomic E-state index is 0.362. The van der Waals surface area contributed by atoms with Crippen molar-refractivity contribution in [1.29, 1.82) is 0 Å². The summed E-state index contributed by atoms with van der Waals surface area (Å²) in [6.07, 6.45) is 2.16. The molecule has 0 saturated carbocycles. The van der Waals surface area contributed by atoms with Gasteiger partial charge < -0.3 is 0 Å². The van der Waals surface area contributed by atoms with Crippen LogP contribution in [0.25, 0.3) is 0 Å². The van der Waals surface area contributed by atoms with Gasteiger partial charge in [0.2, 0.25) is 0 Å². The van der Waals surface area contributed by atoms with E-state index in [9.17, 15) is 0 Å². The van der Waals surface area contributed by atoms with Gasteiger partial charge in [0.05, 0.1) is 0 Å². The van der Waals surface area contributed by atoms with Crippen LogP contribution >= 0.6 is 19.7 Å². The van der Waals surface area contributed by atoms with E-state index in [1.54, 1.807) is 0 Å². The standard InChI is InChI=1S/C4H11PS/c1-5(2)4-6-3/h4H2,1-3H3. The second-order valence-corrected chi connectivity index (χ2v) is 5.27. The van der Waals surface area contributed by atoms with Crippen molar-refractivity contribution in [2.24, 2.45) is 0 Å². The predicted molar refractivity (Wildman–Crippen MR) is 37.2 cm³/mol. The van der Waals surface area contributed by atoms with Crippen molar-refractivity contribution in [3.63, 3.8) is 0 Å². The average molecular weight is 122 g/mol. The molecule has 0 heterocycles. The van der Waals surface area contributed by atoms with Gasteiger partial charge in [-0.05, 0) is 19.6 Å². The van der Waals surface area contributed by atoms with Gasteiger partial charge in [-0.25, -0.2) is 0 Å². The Hall–Kier alpha value is 0.780. The second kappa shape index (κ2) is 3.95. The molecule has 0 nitrogen and oxygen atoms in total. The molecular formula is C4H11PS. The van der Waals surface area contributed by atoms with Crippen LogP contribution in [0.2, 0.25) is 0 Å². The van der Waals surface area contributed by atoms with Gasteiger partial charge in [0.1, 0.15) is 0 Å². The normalized spacial score (nSPS) is 10.0. The largest absolute Gasteiger partial charge is 0.161 e. The highest BCUT2D eigenvalue weighted by atomic mass is 32.2. The Balaban J connectivity index is 2.63. The summed E-state index contributed by atoms with van der Waals surface area (Å²) in [5.41, 5.74) is 1.36. The highest BCUT2D eigenvalue weighted by molar-refractivity contribution is 8.04. The topological polar surface area (TPSA) is 0 Å². The van der Waals surface area contributed by atoms with E-state index in [-0.39, 0.29) is 0 Å². The molecular weight excluding hydrogens is 111 g/mol. The SMILES string of the molecule is CSCP(C)C. The molecule has 0 aliphatic carbocycles. The molecule has 0 rings (SSSR count). The molecule has 0 saturated heterocycles. The summed E-state index contributed by atoms with van der Waals surface area (Å²) in [4.78, 5) is 0. The van der Waals surface area contributed by atoms with Crippen LogP contribution in [0.1, 0.15) is 0 Å². The van der Waals surface area contributed by atoms with Gasteiger partial charge in [0, 0.05) is 5.49 Å². The molecule has 0 bridgehead atoms. The molecule has 38 valence electrons. The van der Waals surface area contributed by atoms with Crippen LogP contribution in [-0.2, 0) is 0 Å². The first-order valence-corrected chi connectivity index (χ1v) is 5.72. The highest BCUT2D eigenvalue weighted by Gasteiger charge is 1.84. The molecule has 0 aromatic carbocycles. The average Bonchev–Trinajstić information content (AvgIpc) is 1.35. The van der Waals surface area contributed by atoms with E-state index in [1.165, 1.54) is 5.49 Å². The van der Waals surface area contributed by atoms with Crippen molar-refractivity contribution in [2.45, 2.75) is 0 Å². The van der Waals surface area contributed by atoms with Crippen molar-refractivity contribution in [2.75, 3.05) is 25.1 Å². The minimum atomic E-state index is 0.362.